The molecule has 0 radical (unpaired) electrons. The number of amides is 1. The molecule has 3 heterocycles. The zero-order valence-electron chi connectivity index (χ0n) is 19.6. The summed E-state index contributed by atoms with van der Waals surface area (Å²) in [5, 5.41) is 9.82. The van der Waals surface area contributed by atoms with E-state index in [1.165, 1.54) is 0 Å². The summed E-state index contributed by atoms with van der Waals surface area (Å²) in [6.07, 6.45) is 3.93. The number of nitrogens with zero attached hydrogens (tertiary/aromatic N) is 4. The molecule has 0 spiro atoms. The molecule has 2 unspecified atom stereocenters. The molecule has 2 atom stereocenters. The summed E-state index contributed by atoms with van der Waals surface area (Å²) in [6, 6.07) is 11.8. The highest BCUT2D eigenvalue weighted by Gasteiger charge is 2.33. The molecule has 0 aliphatic carbocycles. The van der Waals surface area contributed by atoms with Crippen molar-refractivity contribution >= 4 is 22.6 Å². The minimum absolute atomic E-state index is 0.250. The summed E-state index contributed by atoms with van der Waals surface area (Å²) in [5.41, 5.74) is 3.85. The number of carbonyl (C=O) groups is 1. The molecule has 1 aromatic carbocycles. The van der Waals surface area contributed by atoms with Gasteiger partial charge >= 0.3 is 0 Å². The molecule has 176 valence electrons. The third-order valence-electron chi connectivity index (χ3n) is 6.28. The van der Waals surface area contributed by atoms with Gasteiger partial charge in [-0.3, -0.25) is 14.9 Å². The number of hydrogen-bond donors (Lipinski definition) is 2. The van der Waals surface area contributed by atoms with E-state index in [9.17, 15) is 9.18 Å². The molecule has 1 aliphatic heterocycles. The van der Waals surface area contributed by atoms with Gasteiger partial charge in [-0.1, -0.05) is 12.1 Å². The fourth-order valence-electron chi connectivity index (χ4n) is 4.70. The number of hydroxylamine groups is 1. The Morgan fingerprint density at radius 3 is 2.45 bits per heavy atom. The van der Waals surface area contributed by atoms with Crippen molar-refractivity contribution in [3.63, 3.8) is 0 Å². The normalized spacial score (nSPS) is 19.8. The van der Waals surface area contributed by atoms with Crippen molar-refractivity contribution in [2.75, 3.05) is 24.5 Å². The van der Waals surface area contributed by atoms with E-state index in [0.717, 1.165) is 35.4 Å². The van der Waals surface area contributed by atoms with Crippen LogP contribution in [0.2, 0.25) is 0 Å². The molecule has 0 bridgehead atoms. The predicted octanol–water partition coefficient (Wildman–Crippen LogP) is 3.85. The first kappa shape index (κ1) is 23.2. The molecule has 1 fully saturated rings. The van der Waals surface area contributed by atoms with Gasteiger partial charge in [0, 0.05) is 55.4 Å². The van der Waals surface area contributed by atoms with Gasteiger partial charge in [0.1, 0.15) is 11.3 Å². The van der Waals surface area contributed by atoms with Crippen molar-refractivity contribution in [1.82, 2.24) is 19.9 Å². The number of alkyl halides is 1. The molecular weight excluding hydrogens is 421 g/mol. The fourth-order valence-corrected chi connectivity index (χ4v) is 4.70. The summed E-state index contributed by atoms with van der Waals surface area (Å²) >= 11 is 0. The van der Waals surface area contributed by atoms with Gasteiger partial charge in [0.25, 0.3) is 5.91 Å². The highest BCUT2D eigenvalue weighted by atomic mass is 19.1. The maximum atomic E-state index is 14.2. The minimum Gasteiger partial charge on any atom is -0.367 e. The number of halogens is 1. The van der Waals surface area contributed by atoms with Crippen LogP contribution in [0.15, 0.2) is 48.8 Å². The number of anilines is 1. The number of piperazine rings is 1. The number of rotatable bonds is 6. The number of pyridine rings is 1. The number of nitrogens with one attached hydrogen (secondary N) is 1. The van der Waals surface area contributed by atoms with Crippen molar-refractivity contribution < 1.29 is 14.4 Å². The Kier molecular flexibility index (Phi) is 6.41. The smallest absolute Gasteiger partial charge is 0.274 e. The number of benzene rings is 1. The zero-order valence-corrected chi connectivity index (χ0v) is 19.6. The summed E-state index contributed by atoms with van der Waals surface area (Å²) in [5.74, 6) is -0.528. The fraction of sp³-hybridized carbons (Fsp3) is 0.440. The molecule has 33 heavy (non-hydrogen) atoms. The van der Waals surface area contributed by atoms with E-state index in [0.29, 0.717) is 18.7 Å². The van der Waals surface area contributed by atoms with Crippen molar-refractivity contribution in [1.29, 1.82) is 0 Å². The molecule has 2 aromatic heterocycles. The molecule has 7 nitrogen and oxygen atoms in total. The Labute approximate surface area is 193 Å². The molecular formula is C25H32FN5O2. The lowest BCUT2D eigenvalue weighted by molar-refractivity contribution is 0.0587. The van der Waals surface area contributed by atoms with Gasteiger partial charge < -0.3 is 9.47 Å². The van der Waals surface area contributed by atoms with Crippen LogP contribution in [0, 0.1) is 0 Å². The van der Waals surface area contributed by atoms with Gasteiger partial charge in [0.15, 0.2) is 0 Å². The highest BCUT2D eigenvalue weighted by Crippen LogP contribution is 2.27. The van der Waals surface area contributed by atoms with E-state index < -0.39 is 11.6 Å². The van der Waals surface area contributed by atoms with Crippen LogP contribution in [0.5, 0.6) is 0 Å². The lowest BCUT2D eigenvalue weighted by atomic mass is 10.0. The summed E-state index contributed by atoms with van der Waals surface area (Å²) < 4.78 is 16.3. The highest BCUT2D eigenvalue weighted by molar-refractivity contribution is 5.93. The molecule has 3 aromatic rings. The number of carbonyl (C=O) groups excluding carboxylic acids is 1. The van der Waals surface area contributed by atoms with E-state index in [1.807, 2.05) is 24.5 Å². The van der Waals surface area contributed by atoms with Gasteiger partial charge in [-0.05, 0) is 57.5 Å². The van der Waals surface area contributed by atoms with Gasteiger partial charge in [0.2, 0.25) is 0 Å². The largest absolute Gasteiger partial charge is 0.367 e. The van der Waals surface area contributed by atoms with E-state index in [4.69, 9.17) is 10.2 Å². The first-order chi connectivity index (χ1) is 15.6. The topological polar surface area (TPSA) is 73.6 Å². The third-order valence-corrected chi connectivity index (χ3v) is 6.28. The molecule has 1 aliphatic rings. The van der Waals surface area contributed by atoms with Crippen molar-refractivity contribution in [3.8, 4) is 0 Å². The lowest BCUT2D eigenvalue weighted by Crippen LogP contribution is -2.59. The van der Waals surface area contributed by atoms with Crippen LogP contribution >= 0.6 is 0 Å². The molecule has 8 heteroatoms. The first-order valence-electron chi connectivity index (χ1n) is 11.3. The Morgan fingerprint density at radius 1 is 1.18 bits per heavy atom. The molecule has 4 rings (SSSR count). The zero-order chi connectivity index (χ0) is 23.8. The summed E-state index contributed by atoms with van der Waals surface area (Å²) in [7, 11) is 0. The Bertz CT molecular complexity index is 1110. The summed E-state index contributed by atoms with van der Waals surface area (Å²) in [6.45, 7) is 10.3. The van der Waals surface area contributed by atoms with Crippen molar-refractivity contribution in [2.24, 2.45) is 0 Å². The average molecular weight is 454 g/mol. The molecule has 1 amide bonds. The van der Waals surface area contributed by atoms with Crippen molar-refractivity contribution in [2.45, 2.75) is 52.0 Å². The van der Waals surface area contributed by atoms with E-state index >= 15 is 0 Å². The van der Waals surface area contributed by atoms with Crippen molar-refractivity contribution in [3.05, 3.63) is 59.9 Å². The van der Waals surface area contributed by atoms with E-state index in [1.54, 1.807) is 31.5 Å². The minimum atomic E-state index is -1.21. The van der Waals surface area contributed by atoms with Crippen LogP contribution in [0.4, 0.5) is 10.1 Å². The maximum Gasteiger partial charge on any atom is 0.274 e. The second-order valence-electron chi connectivity index (χ2n) is 9.68. The third kappa shape index (κ3) is 5.17. The first-order valence-corrected chi connectivity index (χ1v) is 11.3. The van der Waals surface area contributed by atoms with Crippen LogP contribution in [-0.4, -0.2) is 63.0 Å². The number of fused-ring (bicyclic) bond motifs is 1. The standard InChI is InChI=1S/C25H32FN5O2/c1-17-13-30(14-18(2)31(17)16-25(3,4)26)22-11-21-9-10-29(23(21)27-12-22)15-19-5-7-20(8-6-19)24(32)28-33/h5-12,17-18,33H,13-16H2,1-4H3,(H,28,32). The second kappa shape index (κ2) is 9.11. The van der Waals surface area contributed by atoms with E-state index in [2.05, 4.69) is 40.3 Å². The monoisotopic (exact) mass is 453 g/mol. The van der Waals surface area contributed by atoms with Gasteiger partial charge in [-0.2, -0.15) is 0 Å². The Hall–Kier alpha value is -2.97. The maximum absolute atomic E-state index is 14.2. The van der Waals surface area contributed by atoms with Crippen LogP contribution in [0.3, 0.4) is 0 Å². The van der Waals surface area contributed by atoms with Crippen LogP contribution in [0.25, 0.3) is 11.0 Å². The Morgan fingerprint density at radius 2 is 1.85 bits per heavy atom. The van der Waals surface area contributed by atoms with Gasteiger partial charge in [0.05, 0.1) is 11.9 Å². The quantitative estimate of drug-likeness (QED) is 0.438. The number of aromatic nitrogens is 2. The van der Waals surface area contributed by atoms with Gasteiger partial charge in [-0.25, -0.2) is 14.9 Å². The molecule has 0 saturated carbocycles. The Balaban J connectivity index is 1.48. The van der Waals surface area contributed by atoms with Crippen LogP contribution in [-0.2, 0) is 6.54 Å². The van der Waals surface area contributed by atoms with Crippen LogP contribution in [0.1, 0.15) is 43.6 Å². The average Bonchev–Trinajstić information content (AvgIpc) is 3.17. The lowest BCUT2D eigenvalue weighted by Gasteiger charge is -2.46. The van der Waals surface area contributed by atoms with E-state index in [-0.39, 0.29) is 12.1 Å². The second-order valence-corrected chi connectivity index (χ2v) is 9.68. The van der Waals surface area contributed by atoms with Gasteiger partial charge in [-0.15, -0.1) is 0 Å². The molecule has 1 saturated heterocycles. The number of hydrogen-bond acceptors (Lipinski definition) is 5. The summed E-state index contributed by atoms with van der Waals surface area (Å²) in [4.78, 5) is 20.8. The van der Waals surface area contributed by atoms with Crippen LogP contribution < -0.4 is 10.4 Å². The molecule has 2 N–H and O–H groups in total. The SMILES string of the molecule is CC1CN(c2cnc3c(ccn3Cc3ccc(C(=O)NO)cc3)c2)CC(C)N1CC(C)(C)F. The predicted molar refractivity (Wildman–Crippen MR) is 128 cm³/mol.